The van der Waals surface area contributed by atoms with Crippen molar-refractivity contribution in [3.63, 3.8) is 0 Å². The highest BCUT2D eigenvalue weighted by Crippen LogP contribution is 2.27. The molecule has 1 unspecified atom stereocenters. The Morgan fingerprint density at radius 1 is 1.08 bits per heavy atom. The zero-order valence-electron chi connectivity index (χ0n) is 21.8. The van der Waals surface area contributed by atoms with Crippen LogP contribution in [0.5, 0.6) is 5.75 Å². The molecule has 0 saturated carbocycles. The number of fused-ring (bicyclic) bond motifs is 1. The number of amides is 2. The van der Waals surface area contributed by atoms with Gasteiger partial charge in [0.2, 0.25) is 5.91 Å². The molecule has 14 heteroatoms. The maximum absolute atomic E-state index is 12.9. The molecule has 2 N–H and O–H groups in total. The van der Waals surface area contributed by atoms with Crippen LogP contribution in [0.2, 0.25) is 0 Å². The number of pyridine rings is 1. The van der Waals surface area contributed by atoms with Crippen LogP contribution < -0.4 is 10.1 Å². The van der Waals surface area contributed by atoms with E-state index in [9.17, 15) is 22.8 Å². The smallest absolute Gasteiger partial charge is 0.490 e. The fourth-order valence-corrected chi connectivity index (χ4v) is 4.08. The summed E-state index contributed by atoms with van der Waals surface area (Å²) in [7, 11) is 1.60. The number of nitrogens with one attached hydrogen (secondary N) is 1. The summed E-state index contributed by atoms with van der Waals surface area (Å²) < 4.78 is 38.7. The largest absolute Gasteiger partial charge is 0.497 e. The predicted octanol–water partition coefficient (Wildman–Crippen LogP) is 3.24. The number of hydrogen-bond acceptors (Lipinski definition) is 7. The Labute approximate surface area is 222 Å². The van der Waals surface area contributed by atoms with Gasteiger partial charge in [0.05, 0.1) is 18.7 Å². The molecule has 2 amide bonds. The Balaban J connectivity index is 0.000000532. The number of ether oxygens (including phenoxy) is 1. The third-order valence-corrected chi connectivity index (χ3v) is 6.11. The standard InChI is InChI=1S/C23H28N6O3.C2HF3O2/c1-15(2)28-12-11-27(16(3)30)14-20(28)22-26-25-21-10-5-17(13-29(21)22)23(31)24-18-6-8-19(32-4)9-7-18;3-2(4,5)1(6)7/h5-10,13,15,20H,11-12,14H2,1-4H3,(H,24,31);(H,6,7). The molecule has 0 bridgehead atoms. The molecule has 4 rings (SSSR count). The van der Waals surface area contributed by atoms with Gasteiger partial charge < -0.3 is 20.1 Å². The molecule has 1 atom stereocenters. The molecule has 0 radical (unpaired) electrons. The van der Waals surface area contributed by atoms with E-state index in [0.717, 1.165) is 18.1 Å². The van der Waals surface area contributed by atoms with E-state index >= 15 is 0 Å². The highest BCUT2D eigenvalue weighted by molar-refractivity contribution is 6.04. The van der Waals surface area contributed by atoms with Crippen molar-refractivity contribution in [2.45, 2.75) is 39.0 Å². The van der Waals surface area contributed by atoms with E-state index in [4.69, 9.17) is 14.6 Å². The van der Waals surface area contributed by atoms with Crippen LogP contribution >= 0.6 is 0 Å². The van der Waals surface area contributed by atoms with Crippen LogP contribution in [0.1, 0.15) is 43.0 Å². The molecule has 2 aromatic heterocycles. The lowest BCUT2D eigenvalue weighted by atomic mass is 10.1. The van der Waals surface area contributed by atoms with Gasteiger partial charge in [0.15, 0.2) is 11.5 Å². The number of methoxy groups -OCH3 is 1. The average molecular weight is 551 g/mol. The minimum Gasteiger partial charge on any atom is -0.497 e. The van der Waals surface area contributed by atoms with E-state index in [0.29, 0.717) is 30.0 Å². The number of benzene rings is 1. The molecule has 1 aliphatic rings. The van der Waals surface area contributed by atoms with Crippen LogP contribution in [0, 0.1) is 0 Å². The van der Waals surface area contributed by atoms with Crippen molar-refractivity contribution in [1.29, 1.82) is 0 Å². The Morgan fingerprint density at radius 2 is 1.72 bits per heavy atom. The van der Waals surface area contributed by atoms with Crippen LogP contribution in [0.3, 0.4) is 0 Å². The van der Waals surface area contributed by atoms with E-state index < -0.39 is 12.1 Å². The number of carbonyl (C=O) groups excluding carboxylic acids is 2. The van der Waals surface area contributed by atoms with Gasteiger partial charge >= 0.3 is 12.1 Å². The van der Waals surface area contributed by atoms with E-state index in [1.165, 1.54) is 0 Å². The second-order valence-electron chi connectivity index (χ2n) is 9.00. The number of rotatable bonds is 5. The van der Waals surface area contributed by atoms with E-state index in [1.54, 1.807) is 56.6 Å². The molecule has 1 fully saturated rings. The Morgan fingerprint density at radius 3 is 2.26 bits per heavy atom. The summed E-state index contributed by atoms with van der Waals surface area (Å²) in [6.45, 7) is 7.84. The van der Waals surface area contributed by atoms with Crippen LogP contribution in [-0.2, 0) is 9.59 Å². The van der Waals surface area contributed by atoms with Crippen molar-refractivity contribution >= 4 is 29.1 Å². The molecule has 39 heavy (non-hydrogen) atoms. The number of piperazine rings is 1. The molecule has 1 aromatic carbocycles. The number of alkyl halides is 3. The topological polar surface area (TPSA) is 129 Å². The van der Waals surface area contributed by atoms with Gasteiger partial charge in [0, 0.05) is 44.5 Å². The highest BCUT2D eigenvalue weighted by Gasteiger charge is 2.38. The fourth-order valence-electron chi connectivity index (χ4n) is 4.08. The number of aromatic nitrogens is 3. The Hall–Kier alpha value is -4.20. The first kappa shape index (κ1) is 29.4. The summed E-state index contributed by atoms with van der Waals surface area (Å²) in [4.78, 5) is 37.9. The van der Waals surface area contributed by atoms with Crippen molar-refractivity contribution < 1.29 is 37.4 Å². The number of carbonyl (C=O) groups is 3. The number of nitrogens with zero attached hydrogens (tertiary/aromatic N) is 5. The van der Waals surface area contributed by atoms with E-state index in [2.05, 4.69) is 34.3 Å². The van der Waals surface area contributed by atoms with E-state index in [1.807, 2.05) is 9.30 Å². The first-order valence-corrected chi connectivity index (χ1v) is 11.9. The molecule has 11 nitrogen and oxygen atoms in total. The summed E-state index contributed by atoms with van der Waals surface area (Å²) >= 11 is 0. The molecule has 0 spiro atoms. The molecule has 3 aromatic rings. The van der Waals surface area contributed by atoms with Crippen LogP contribution in [-0.4, -0.2) is 86.3 Å². The Bertz CT molecular complexity index is 1330. The summed E-state index contributed by atoms with van der Waals surface area (Å²) in [5.41, 5.74) is 1.82. The zero-order valence-corrected chi connectivity index (χ0v) is 21.8. The molecule has 210 valence electrons. The van der Waals surface area contributed by atoms with Gasteiger partial charge in [-0.3, -0.25) is 18.9 Å². The average Bonchev–Trinajstić information content (AvgIpc) is 3.31. The maximum atomic E-state index is 12.9. The normalized spacial score (nSPS) is 16.0. The lowest BCUT2D eigenvalue weighted by Gasteiger charge is -2.42. The summed E-state index contributed by atoms with van der Waals surface area (Å²) in [5.74, 6) is -1.50. The molecule has 0 aliphatic carbocycles. The minimum absolute atomic E-state index is 0.0479. The molecular weight excluding hydrogens is 521 g/mol. The van der Waals surface area contributed by atoms with Gasteiger partial charge in [0.1, 0.15) is 5.75 Å². The van der Waals surface area contributed by atoms with Crippen molar-refractivity contribution in [3.05, 3.63) is 54.0 Å². The van der Waals surface area contributed by atoms with Gasteiger partial charge in [-0.25, -0.2) is 4.79 Å². The van der Waals surface area contributed by atoms with Crippen LogP contribution in [0.25, 0.3) is 5.65 Å². The third kappa shape index (κ3) is 7.22. The minimum atomic E-state index is -5.08. The number of carboxylic acids is 1. The number of hydrogen-bond donors (Lipinski definition) is 2. The lowest BCUT2D eigenvalue weighted by Crippen LogP contribution is -2.52. The quantitative estimate of drug-likeness (QED) is 0.496. The first-order chi connectivity index (χ1) is 18.3. The molecule has 3 heterocycles. The van der Waals surface area contributed by atoms with Crippen molar-refractivity contribution in [3.8, 4) is 5.75 Å². The zero-order chi connectivity index (χ0) is 28.9. The lowest BCUT2D eigenvalue weighted by molar-refractivity contribution is -0.192. The van der Waals surface area contributed by atoms with Gasteiger partial charge in [-0.2, -0.15) is 13.2 Å². The highest BCUT2D eigenvalue weighted by atomic mass is 19.4. The summed E-state index contributed by atoms with van der Waals surface area (Å²) in [5, 5.41) is 18.8. The maximum Gasteiger partial charge on any atom is 0.490 e. The number of carboxylic acid groups (broad SMARTS) is 1. The second kappa shape index (κ2) is 12.1. The molecular formula is C25H29F3N6O5. The number of halogens is 3. The van der Waals surface area contributed by atoms with Gasteiger partial charge in [-0.15, -0.1) is 10.2 Å². The number of anilines is 1. The van der Waals surface area contributed by atoms with E-state index in [-0.39, 0.29) is 23.9 Å². The van der Waals surface area contributed by atoms with Crippen molar-refractivity contribution in [2.75, 3.05) is 32.1 Å². The van der Waals surface area contributed by atoms with Crippen molar-refractivity contribution in [1.82, 2.24) is 24.4 Å². The molecule has 1 saturated heterocycles. The SMILES string of the molecule is COc1ccc(NC(=O)c2ccc3nnc(C4CN(C(C)=O)CCN4C(C)C)n3c2)cc1.O=C(O)C(F)(F)F. The third-order valence-electron chi connectivity index (χ3n) is 6.11. The molecule has 1 aliphatic heterocycles. The second-order valence-corrected chi connectivity index (χ2v) is 9.00. The predicted molar refractivity (Wildman–Crippen MR) is 134 cm³/mol. The summed E-state index contributed by atoms with van der Waals surface area (Å²) in [6, 6.07) is 10.9. The van der Waals surface area contributed by atoms with Gasteiger partial charge in [0.25, 0.3) is 5.91 Å². The fraction of sp³-hybridized carbons (Fsp3) is 0.400. The number of aliphatic carboxylic acids is 1. The van der Waals surface area contributed by atoms with Gasteiger partial charge in [-0.05, 0) is 50.2 Å². The van der Waals surface area contributed by atoms with Crippen molar-refractivity contribution in [2.24, 2.45) is 0 Å². The van der Waals surface area contributed by atoms with Crippen LogP contribution in [0.15, 0.2) is 42.6 Å². The Kier molecular flexibility index (Phi) is 9.11. The van der Waals surface area contributed by atoms with Gasteiger partial charge in [-0.1, -0.05) is 0 Å². The first-order valence-electron chi connectivity index (χ1n) is 11.9. The monoisotopic (exact) mass is 550 g/mol. The van der Waals surface area contributed by atoms with Crippen LogP contribution in [0.4, 0.5) is 18.9 Å². The summed E-state index contributed by atoms with van der Waals surface area (Å²) in [6.07, 6.45) is -3.32.